The summed E-state index contributed by atoms with van der Waals surface area (Å²) in [7, 11) is 0. The average molecular weight is 317 g/mol. The molecule has 0 saturated heterocycles. The van der Waals surface area contributed by atoms with Crippen LogP contribution in [-0.2, 0) is 13.2 Å². The number of nitrogens with two attached hydrogens (primary N) is 1. The van der Waals surface area contributed by atoms with E-state index in [-0.39, 0.29) is 0 Å². The van der Waals surface area contributed by atoms with Crippen molar-refractivity contribution in [1.29, 1.82) is 0 Å². The van der Waals surface area contributed by atoms with Crippen LogP contribution in [0.5, 0.6) is 5.75 Å². The Morgan fingerprint density at radius 1 is 1.35 bits per heavy atom. The van der Waals surface area contributed by atoms with Crippen molar-refractivity contribution >= 4 is 27.5 Å². The Kier molecular flexibility index (Phi) is 4.10. The van der Waals surface area contributed by atoms with Gasteiger partial charge in [0.1, 0.15) is 18.1 Å². The molecule has 5 heteroatoms. The molecule has 0 bridgehead atoms. The van der Waals surface area contributed by atoms with Crippen LogP contribution < -0.4 is 10.5 Å². The van der Waals surface area contributed by atoms with Crippen LogP contribution >= 0.6 is 27.5 Å². The van der Waals surface area contributed by atoms with Gasteiger partial charge in [-0.15, -0.1) is 0 Å². The van der Waals surface area contributed by atoms with Gasteiger partial charge in [-0.3, -0.25) is 0 Å². The van der Waals surface area contributed by atoms with Crippen molar-refractivity contribution in [3.8, 4) is 5.75 Å². The minimum Gasteiger partial charge on any atom is -0.484 e. The van der Waals surface area contributed by atoms with Crippen LogP contribution in [0.1, 0.15) is 11.3 Å². The molecule has 1 aromatic carbocycles. The molecule has 0 aliphatic carbocycles. The Morgan fingerprint density at radius 3 is 2.88 bits per heavy atom. The smallest absolute Gasteiger partial charge is 0.146 e. The summed E-state index contributed by atoms with van der Waals surface area (Å²) in [6, 6.07) is 7.20. The molecule has 2 N–H and O–H groups in total. The van der Waals surface area contributed by atoms with Crippen LogP contribution in [0.25, 0.3) is 0 Å². The fraction of sp³-hybridized carbons (Fsp3) is 0.167. The molecule has 0 spiro atoms. The zero-order valence-electron chi connectivity index (χ0n) is 8.95. The average Bonchev–Trinajstić information content (AvgIpc) is 2.75. The maximum absolute atomic E-state index is 5.84. The van der Waals surface area contributed by atoms with Gasteiger partial charge in [0.25, 0.3) is 0 Å². The first-order valence-electron chi connectivity index (χ1n) is 5.04. The fourth-order valence-corrected chi connectivity index (χ4v) is 2.21. The zero-order valence-corrected chi connectivity index (χ0v) is 11.3. The van der Waals surface area contributed by atoms with E-state index in [1.165, 1.54) is 0 Å². The van der Waals surface area contributed by atoms with Crippen molar-refractivity contribution in [2.75, 3.05) is 0 Å². The molecule has 2 aromatic rings. The largest absolute Gasteiger partial charge is 0.484 e. The van der Waals surface area contributed by atoms with Gasteiger partial charge in [0.2, 0.25) is 0 Å². The van der Waals surface area contributed by atoms with Crippen LogP contribution in [0.3, 0.4) is 0 Å². The number of hydrogen-bond donors (Lipinski definition) is 1. The van der Waals surface area contributed by atoms with Crippen LogP contribution in [0.4, 0.5) is 0 Å². The standard InChI is InChI=1S/C12H11BrClNO2/c13-10-5-9(14)1-2-11(10)17-7-12-8(6-15)3-4-16-12/h1-5H,6-7,15H2. The van der Waals surface area contributed by atoms with Crippen molar-refractivity contribution in [3.63, 3.8) is 0 Å². The molecule has 2 rings (SSSR count). The zero-order chi connectivity index (χ0) is 12.3. The molecular formula is C12H11BrClNO2. The van der Waals surface area contributed by atoms with E-state index < -0.39 is 0 Å². The van der Waals surface area contributed by atoms with Crippen molar-refractivity contribution in [2.24, 2.45) is 5.73 Å². The monoisotopic (exact) mass is 315 g/mol. The van der Waals surface area contributed by atoms with Gasteiger partial charge in [-0.1, -0.05) is 11.6 Å². The molecule has 90 valence electrons. The number of furan rings is 1. The first-order chi connectivity index (χ1) is 8.20. The predicted octanol–water partition coefficient (Wildman–Crippen LogP) is 3.73. The van der Waals surface area contributed by atoms with Gasteiger partial charge in [-0.25, -0.2) is 0 Å². The van der Waals surface area contributed by atoms with E-state index in [1.807, 2.05) is 6.07 Å². The molecule has 0 fully saturated rings. The van der Waals surface area contributed by atoms with E-state index in [2.05, 4.69) is 15.9 Å². The minimum atomic E-state index is 0.347. The fourth-order valence-electron chi connectivity index (χ4n) is 1.41. The molecular weight excluding hydrogens is 305 g/mol. The third-order valence-corrected chi connectivity index (χ3v) is 3.17. The van der Waals surface area contributed by atoms with Crippen LogP contribution in [0.15, 0.2) is 39.4 Å². The minimum absolute atomic E-state index is 0.347. The predicted molar refractivity (Wildman–Crippen MR) is 70.1 cm³/mol. The van der Waals surface area contributed by atoms with Crippen molar-refractivity contribution in [1.82, 2.24) is 0 Å². The molecule has 0 saturated carbocycles. The highest BCUT2D eigenvalue weighted by Gasteiger charge is 2.07. The lowest BCUT2D eigenvalue weighted by Gasteiger charge is -2.07. The van der Waals surface area contributed by atoms with E-state index in [4.69, 9.17) is 26.5 Å². The van der Waals surface area contributed by atoms with Crippen molar-refractivity contribution in [2.45, 2.75) is 13.2 Å². The van der Waals surface area contributed by atoms with Crippen LogP contribution in [0.2, 0.25) is 5.02 Å². The highest BCUT2D eigenvalue weighted by Crippen LogP contribution is 2.28. The van der Waals surface area contributed by atoms with Crippen molar-refractivity contribution < 1.29 is 9.15 Å². The molecule has 0 aliphatic rings. The highest BCUT2D eigenvalue weighted by atomic mass is 79.9. The number of rotatable bonds is 4. The molecule has 1 aromatic heterocycles. The van der Waals surface area contributed by atoms with Gasteiger partial charge in [0.05, 0.1) is 10.7 Å². The maximum atomic E-state index is 5.84. The summed E-state index contributed by atoms with van der Waals surface area (Å²) in [6.45, 7) is 0.788. The van der Waals surface area contributed by atoms with Crippen LogP contribution in [-0.4, -0.2) is 0 Å². The summed E-state index contributed by atoms with van der Waals surface area (Å²) >= 11 is 9.23. The maximum Gasteiger partial charge on any atom is 0.146 e. The molecule has 0 amide bonds. The van der Waals surface area contributed by atoms with Gasteiger partial charge < -0.3 is 14.9 Å². The van der Waals surface area contributed by atoms with E-state index in [0.717, 1.165) is 15.8 Å². The SMILES string of the molecule is NCc1ccoc1COc1ccc(Cl)cc1Br. The van der Waals surface area contributed by atoms with Gasteiger partial charge in [-0.05, 0) is 40.2 Å². The molecule has 17 heavy (non-hydrogen) atoms. The Hall–Kier alpha value is -0.970. The van der Waals surface area contributed by atoms with Gasteiger partial charge >= 0.3 is 0 Å². The Morgan fingerprint density at radius 2 is 2.18 bits per heavy atom. The van der Waals surface area contributed by atoms with Crippen molar-refractivity contribution in [3.05, 3.63) is 51.3 Å². The third-order valence-electron chi connectivity index (χ3n) is 2.31. The van der Waals surface area contributed by atoms with E-state index in [0.29, 0.717) is 23.9 Å². The van der Waals surface area contributed by atoms with E-state index in [9.17, 15) is 0 Å². The molecule has 3 nitrogen and oxygen atoms in total. The van der Waals surface area contributed by atoms with Gasteiger partial charge in [0, 0.05) is 17.1 Å². The van der Waals surface area contributed by atoms with Gasteiger partial charge in [0.15, 0.2) is 0 Å². The lowest BCUT2D eigenvalue weighted by atomic mass is 10.2. The number of benzene rings is 1. The summed E-state index contributed by atoms with van der Waals surface area (Å²) in [5, 5.41) is 0.657. The second-order valence-corrected chi connectivity index (χ2v) is 4.73. The highest BCUT2D eigenvalue weighted by molar-refractivity contribution is 9.10. The second-order valence-electron chi connectivity index (χ2n) is 3.44. The summed E-state index contributed by atoms with van der Waals surface area (Å²) in [4.78, 5) is 0. The molecule has 0 radical (unpaired) electrons. The lowest BCUT2D eigenvalue weighted by Crippen LogP contribution is -2.02. The summed E-state index contributed by atoms with van der Waals surface area (Å²) in [5.74, 6) is 1.46. The second kappa shape index (κ2) is 5.58. The third kappa shape index (κ3) is 3.03. The number of halogens is 2. The van der Waals surface area contributed by atoms with E-state index >= 15 is 0 Å². The van der Waals surface area contributed by atoms with E-state index in [1.54, 1.807) is 24.5 Å². The van der Waals surface area contributed by atoms with Gasteiger partial charge in [-0.2, -0.15) is 0 Å². The molecule has 0 atom stereocenters. The number of ether oxygens (including phenoxy) is 1. The van der Waals surface area contributed by atoms with Crippen LogP contribution in [0, 0.1) is 0 Å². The normalized spacial score (nSPS) is 10.5. The Bertz CT molecular complexity index is 513. The summed E-state index contributed by atoms with van der Waals surface area (Å²) in [5.41, 5.74) is 6.53. The summed E-state index contributed by atoms with van der Waals surface area (Å²) < 4.78 is 11.7. The quantitative estimate of drug-likeness (QED) is 0.935. The Balaban J connectivity index is 2.07. The first-order valence-corrected chi connectivity index (χ1v) is 6.21. The number of hydrogen-bond acceptors (Lipinski definition) is 3. The first kappa shape index (κ1) is 12.5. The topological polar surface area (TPSA) is 48.4 Å². The molecule has 0 unspecified atom stereocenters. The molecule has 1 heterocycles. The summed E-state index contributed by atoms with van der Waals surface area (Å²) in [6.07, 6.45) is 1.61. The Labute approximate surface area is 113 Å². The lowest BCUT2D eigenvalue weighted by molar-refractivity contribution is 0.267. The molecule has 0 aliphatic heterocycles.